The number of halogens is 1. The van der Waals surface area contributed by atoms with Crippen LogP contribution in [0.5, 0.6) is 5.75 Å². The molecule has 15 heavy (non-hydrogen) atoms. The summed E-state index contributed by atoms with van der Waals surface area (Å²) in [6.45, 7) is 1.49. The summed E-state index contributed by atoms with van der Waals surface area (Å²) in [5.74, 6) is 1.61. The predicted octanol–water partition coefficient (Wildman–Crippen LogP) is 2.05. The molecule has 4 nitrogen and oxygen atoms in total. The molecule has 0 fully saturated rings. The zero-order chi connectivity index (χ0) is 10.7. The molecule has 0 aliphatic carbocycles. The van der Waals surface area contributed by atoms with Gasteiger partial charge in [-0.25, -0.2) is 4.98 Å². The maximum absolute atomic E-state index is 5.78. The molecule has 2 heterocycles. The minimum Gasteiger partial charge on any atom is -0.485 e. The first-order valence-corrected chi connectivity index (χ1v) is 5.64. The van der Waals surface area contributed by atoms with Gasteiger partial charge in [0.15, 0.2) is 11.6 Å². The van der Waals surface area contributed by atoms with E-state index in [0.29, 0.717) is 6.61 Å². The summed E-state index contributed by atoms with van der Waals surface area (Å²) < 4.78 is 11.7. The standard InChI is InChI=1S/C10H13BrN2O2/c1-14-3-2-8-6-13-10-9(15-8)4-7(11)5-12-10/h4-5,8H,2-3,6H2,1H3,(H,12,13). The Morgan fingerprint density at radius 1 is 1.73 bits per heavy atom. The zero-order valence-corrected chi connectivity index (χ0v) is 10.1. The van der Waals surface area contributed by atoms with Gasteiger partial charge in [0.1, 0.15) is 6.10 Å². The van der Waals surface area contributed by atoms with Crippen LogP contribution in [0.4, 0.5) is 5.82 Å². The molecule has 0 bridgehead atoms. The highest BCUT2D eigenvalue weighted by atomic mass is 79.9. The van der Waals surface area contributed by atoms with E-state index in [-0.39, 0.29) is 6.10 Å². The van der Waals surface area contributed by atoms with Gasteiger partial charge < -0.3 is 14.8 Å². The lowest BCUT2D eigenvalue weighted by Gasteiger charge is -2.26. The molecule has 0 aromatic carbocycles. The van der Waals surface area contributed by atoms with Crippen LogP contribution in [-0.4, -0.2) is 31.3 Å². The van der Waals surface area contributed by atoms with Crippen molar-refractivity contribution in [2.45, 2.75) is 12.5 Å². The van der Waals surface area contributed by atoms with E-state index < -0.39 is 0 Å². The number of anilines is 1. The fourth-order valence-corrected chi connectivity index (χ4v) is 1.80. The Bertz CT molecular complexity index is 346. The van der Waals surface area contributed by atoms with Crippen molar-refractivity contribution in [2.75, 3.05) is 25.6 Å². The average Bonchev–Trinajstić information content (AvgIpc) is 2.25. The highest BCUT2D eigenvalue weighted by molar-refractivity contribution is 9.10. The summed E-state index contributed by atoms with van der Waals surface area (Å²) in [4.78, 5) is 4.22. The van der Waals surface area contributed by atoms with Crippen molar-refractivity contribution in [3.05, 3.63) is 16.7 Å². The molecule has 0 saturated carbocycles. The second-order valence-electron chi connectivity index (χ2n) is 3.40. The van der Waals surface area contributed by atoms with Crippen molar-refractivity contribution in [3.63, 3.8) is 0 Å². The van der Waals surface area contributed by atoms with Gasteiger partial charge in [0.05, 0.1) is 6.54 Å². The molecule has 0 spiro atoms. The van der Waals surface area contributed by atoms with E-state index in [2.05, 4.69) is 26.2 Å². The van der Waals surface area contributed by atoms with E-state index in [0.717, 1.165) is 29.0 Å². The Labute approximate surface area is 97.1 Å². The topological polar surface area (TPSA) is 43.4 Å². The second-order valence-corrected chi connectivity index (χ2v) is 4.32. The van der Waals surface area contributed by atoms with Crippen LogP contribution in [0.25, 0.3) is 0 Å². The highest BCUT2D eigenvalue weighted by Crippen LogP contribution is 2.29. The average molecular weight is 273 g/mol. The van der Waals surface area contributed by atoms with Crippen LogP contribution in [0.3, 0.4) is 0 Å². The van der Waals surface area contributed by atoms with Crippen LogP contribution >= 0.6 is 15.9 Å². The van der Waals surface area contributed by atoms with E-state index in [4.69, 9.17) is 9.47 Å². The minimum absolute atomic E-state index is 0.161. The molecule has 1 aliphatic rings. The molecular formula is C10H13BrN2O2. The molecule has 1 unspecified atom stereocenters. The monoisotopic (exact) mass is 272 g/mol. The molecule has 1 aromatic rings. The lowest BCUT2D eigenvalue weighted by Crippen LogP contribution is -2.32. The molecule has 1 aliphatic heterocycles. The second kappa shape index (κ2) is 4.81. The van der Waals surface area contributed by atoms with E-state index in [9.17, 15) is 0 Å². The van der Waals surface area contributed by atoms with Crippen LogP contribution in [0.2, 0.25) is 0 Å². The molecule has 82 valence electrons. The van der Waals surface area contributed by atoms with Crippen molar-refractivity contribution < 1.29 is 9.47 Å². The Morgan fingerprint density at radius 2 is 2.60 bits per heavy atom. The molecule has 1 N–H and O–H groups in total. The van der Waals surface area contributed by atoms with Crippen molar-refractivity contribution in [1.82, 2.24) is 4.98 Å². The Kier molecular flexibility index (Phi) is 3.43. The molecule has 5 heteroatoms. The van der Waals surface area contributed by atoms with Gasteiger partial charge in [-0.1, -0.05) is 0 Å². The lowest BCUT2D eigenvalue weighted by atomic mass is 10.2. The Morgan fingerprint density at radius 3 is 3.40 bits per heavy atom. The summed E-state index contributed by atoms with van der Waals surface area (Å²) in [6, 6.07) is 1.92. The van der Waals surface area contributed by atoms with E-state index in [1.807, 2.05) is 6.07 Å². The van der Waals surface area contributed by atoms with Crippen LogP contribution in [0.1, 0.15) is 6.42 Å². The number of methoxy groups -OCH3 is 1. The fraction of sp³-hybridized carbons (Fsp3) is 0.500. The van der Waals surface area contributed by atoms with Crippen molar-refractivity contribution in [2.24, 2.45) is 0 Å². The minimum atomic E-state index is 0.161. The van der Waals surface area contributed by atoms with Gasteiger partial charge in [-0.05, 0) is 22.0 Å². The number of nitrogens with one attached hydrogen (secondary N) is 1. The van der Waals surface area contributed by atoms with Gasteiger partial charge in [0.25, 0.3) is 0 Å². The number of hydrogen-bond donors (Lipinski definition) is 1. The number of ether oxygens (including phenoxy) is 2. The third-order valence-corrected chi connectivity index (χ3v) is 2.69. The van der Waals surface area contributed by atoms with E-state index in [1.54, 1.807) is 13.3 Å². The number of fused-ring (bicyclic) bond motifs is 1. The van der Waals surface area contributed by atoms with Gasteiger partial charge in [-0.2, -0.15) is 0 Å². The van der Waals surface area contributed by atoms with Gasteiger partial charge in [-0.15, -0.1) is 0 Å². The number of pyridine rings is 1. The fourth-order valence-electron chi connectivity index (χ4n) is 1.49. The number of hydrogen-bond acceptors (Lipinski definition) is 4. The smallest absolute Gasteiger partial charge is 0.168 e. The Hall–Kier alpha value is -0.810. The third-order valence-electron chi connectivity index (χ3n) is 2.25. The van der Waals surface area contributed by atoms with Crippen LogP contribution in [-0.2, 0) is 4.74 Å². The van der Waals surface area contributed by atoms with Crippen LogP contribution < -0.4 is 10.1 Å². The van der Waals surface area contributed by atoms with Crippen molar-refractivity contribution in [1.29, 1.82) is 0 Å². The summed E-state index contributed by atoms with van der Waals surface area (Å²) in [5.41, 5.74) is 0. The van der Waals surface area contributed by atoms with Crippen LogP contribution in [0, 0.1) is 0 Å². The van der Waals surface area contributed by atoms with Gasteiger partial charge in [0.2, 0.25) is 0 Å². The number of aromatic nitrogens is 1. The number of nitrogens with zero attached hydrogens (tertiary/aromatic N) is 1. The molecule has 0 saturated heterocycles. The lowest BCUT2D eigenvalue weighted by molar-refractivity contribution is 0.128. The van der Waals surface area contributed by atoms with Gasteiger partial charge in [-0.3, -0.25) is 0 Å². The zero-order valence-electron chi connectivity index (χ0n) is 8.50. The summed E-state index contributed by atoms with van der Waals surface area (Å²) in [7, 11) is 1.70. The first-order valence-electron chi connectivity index (χ1n) is 4.84. The summed E-state index contributed by atoms with van der Waals surface area (Å²) >= 11 is 3.37. The largest absolute Gasteiger partial charge is 0.485 e. The molecule has 0 amide bonds. The summed E-state index contributed by atoms with van der Waals surface area (Å²) in [6.07, 6.45) is 2.80. The normalized spacial score (nSPS) is 18.9. The summed E-state index contributed by atoms with van der Waals surface area (Å²) in [5, 5.41) is 3.24. The molecule has 1 aromatic heterocycles. The first kappa shape index (κ1) is 10.7. The Balaban J connectivity index is 2.05. The van der Waals surface area contributed by atoms with Crippen molar-refractivity contribution >= 4 is 21.7 Å². The molecule has 0 radical (unpaired) electrons. The SMILES string of the molecule is COCCC1CNc2ncc(Br)cc2O1. The third kappa shape index (κ3) is 2.60. The molecular weight excluding hydrogens is 260 g/mol. The van der Waals surface area contributed by atoms with Gasteiger partial charge >= 0.3 is 0 Å². The first-order chi connectivity index (χ1) is 7.29. The van der Waals surface area contributed by atoms with Crippen LogP contribution in [0.15, 0.2) is 16.7 Å². The number of rotatable bonds is 3. The highest BCUT2D eigenvalue weighted by Gasteiger charge is 2.19. The van der Waals surface area contributed by atoms with E-state index in [1.165, 1.54) is 0 Å². The quantitative estimate of drug-likeness (QED) is 0.915. The molecule has 2 rings (SSSR count). The maximum Gasteiger partial charge on any atom is 0.168 e. The van der Waals surface area contributed by atoms with Gasteiger partial charge in [0, 0.05) is 30.8 Å². The van der Waals surface area contributed by atoms with E-state index >= 15 is 0 Å². The predicted molar refractivity (Wildman–Crippen MR) is 61.3 cm³/mol. The van der Waals surface area contributed by atoms with Crippen molar-refractivity contribution in [3.8, 4) is 5.75 Å². The maximum atomic E-state index is 5.78. The molecule has 1 atom stereocenters.